The molecule has 0 bridgehead atoms. The standard InChI is InChI=1S/C17H20BrNO2/c18-14-6-7-16(13(11-14)5-8-17(20)21)19-10-9-12-3-1-2-4-15(12)19/h5-8,11-12,15H,1-4,9-10H2,(H,20,21)/b8-5+. The monoisotopic (exact) mass is 349 g/mol. The lowest BCUT2D eigenvalue weighted by Gasteiger charge is -2.34. The summed E-state index contributed by atoms with van der Waals surface area (Å²) in [5.74, 6) is -0.0865. The Labute approximate surface area is 133 Å². The highest BCUT2D eigenvalue weighted by Crippen LogP contribution is 2.40. The van der Waals surface area contributed by atoms with Crippen molar-refractivity contribution in [1.29, 1.82) is 0 Å². The lowest BCUT2D eigenvalue weighted by molar-refractivity contribution is -0.131. The molecule has 1 aromatic carbocycles. The fourth-order valence-electron chi connectivity index (χ4n) is 3.79. The van der Waals surface area contributed by atoms with Crippen molar-refractivity contribution in [2.75, 3.05) is 11.4 Å². The molecule has 1 aliphatic heterocycles. The second-order valence-corrected chi connectivity index (χ2v) is 6.88. The van der Waals surface area contributed by atoms with Gasteiger partial charge in [-0.1, -0.05) is 28.8 Å². The van der Waals surface area contributed by atoms with E-state index in [1.807, 2.05) is 12.1 Å². The summed E-state index contributed by atoms with van der Waals surface area (Å²) in [4.78, 5) is 13.3. The zero-order chi connectivity index (χ0) is 14.8. The smallest absolute Gasteiger partial charge is 0.328 e. The van der Waals surface area contributed by atoms with Gasteiger partial charge in [-0.15, -0.1) is 0 Å². The molecule has 3 rings (SSSR count). The SMILES string of the molecule is O=C(O)/C=C/c1cc(Br)ccc1N1CCC2CCCCC21. The fraction of sp³-hybridized carbons (Fsp3) is 0.471. The Morgan fingerprint density at radius 1 is 1.29 bits per heavy atom. The number of hydrogen-bond donors (Lipinski definition) is 1. The van der Waals surface area contributed by atoms with E-state index in [0.29, 0.717) is 6.04 Å². The largest absolute Gasteiger partial charge is 0.478 e. The van der Waals surface area contributed by atoms with Crippen LogP contribution in [0.25, 0.3) is 6.08 Å². The molecule has 1 aliphatic carbocycles. The minimum atomic E-state index is -0.905. The molecule has 0 spiro atoms. The number of carboxylic acid groups (broad SMARTS) is 1. The molecule has 1 aromatic rings. The molecule has 1 N–H and O–H groups in total. The number of anilines is 1. The first-order valence-corrected chi connectivity index (χ1v) is 8.41. The van der Waals surface area contributed by atoms with Gasteiger partial charge in [-0.25, -0.2) is 4.79 Å². The topological polar surface area (TPSA) is 40.5 Å². The summed E-state index contributed by atoms with van der Waals surface area (Å²) < 4.78 is 0.982. The van der Waals surface area contributed by atoms with Crippen LogP contribution in [-0.2, 0) is 4.79 Å². The normalized spacial score (nSPS) is 25.3. The Balaban J connectivity index is 1.92. The van der Waals surface area contributed by atoms with Crippen LogP contribution in [0.2, 0.25) is 0 Å². The van der Waals surface area contributed by atoms with Gasteiger partial charge in [-0.3, -0.25) is 0 Å². The summed E-state index contributed by atoms with van der Waals surface area (Å²) >= 11 is 3.48. The van der Waals surface area contributed by atoms with Gasteiger partial charge in [0.1, 0.15) is 0 Å². The molecule has 2 unspecified atom stereocenters. The number of halogens is 1. The van der Waals surface area contributed by atoms with E-state index in [1.54, 1.807) is 6.08 Å². The van der Waals surface area contributed by atoms with Crippen molar-refractivity contribution in [2.24, 2.45) is 5.92 Å². The maximum Gasteiger partial charge on any atom is 0.328 e. The Bertz CT molecular complexity index is 570. The van der Waals surface area contributed by atoms with Crippen molar-refractivity contribution >= 4 is 33.7 Å². The molecule has 1 saturated heterocycles. The number of benzene rings is 1. The van der Waals surface area contributed by atoms with Crippen LogP contribution in [0.15, 0.2) is 28.7 Å². The molecule has 3 nitrogen and oxygen atoms in total. The molecule has 21 heavy (non-hydrogen) atoms. The van der Waals surface area contributed by atoms with E-state index in [4.69, 9.17) is 5.11 Å². The van der Waals surface area contributed by atoms with Crippen LogP contribution in [-0.4, -0.2) is 23.7 Å². The van der Waals surface area contributed by atoms with E-state index in [9.17, 15) is 4.79 Å². The molecule has 1 saturated carbocycles. The Hall–Kier alpha value is -1.29. The first-order valence-electron chi connectivity index (χ1n) is 7.62. The van der Waals surface area contributed by atoms with E-state index in [1.165, 1.54) is 43.9 Å². The molecule has 2 fully saturated rings. The van der Waals surface area contributed by atoms with Crippen LogP contribution in [0, 0.1) is 5.92 Å². The van der Waals surface area contributed by atoms with Gasteiger partial charge < -0.3 is 10.0 Å². The molecular formula is C17H20BrNO2. The number of carbonyl (C=O) groups is 1. The third kappa shape index (κ3) is 3.15. The van der Waals surface area contributed by atoms with Gasteiger partial charge in [-0.2, -0.15) is 0 Å². The second-order valence-electron chi connectivity index (χ2n) is 5.97. The highest BCUT2D eigenvalue weighted by molar-refractivity contribution is 9.10. The molecule has 2 aliphatic rings. The third-order valence-corrected chi connectivity index (χ3v) is 5.21. The summed E-state index contributed by atoms with van der Waals surface area (Å²) in [5.41, 5.74) is 2.16. The minimum Gasteiger partial charge on any atom is -0.478 e. The third-order valence-electron chi connectivity index (χ3n) is 4.71. The number of nitrogens with zero attached hydrogens (tertiary/aromatic N) is 1. The minimum absolute atomic E-state index is 0.636. The Morgan fingerprint density at radius 2 is 2.10 bits per heavy atom. The lowest BCUT2D eigenvalue weighted by Crippen LogP contribution is -2.35. The zero-order valence-corrected chi connectivity index (χ0v) is 13.6. The number of carboxylic acids is 1. The van der Waals surface area contributed by atoms with Crippen molar-refractivity contribution in [3.05, 3.63) is 34.3 Å². The number of rotatable bonds is 3. The summed E-state index contributed by atoms with van der Waals surface area (Å²) in [6.07, 6.45) is 9.48. The molecule has 1 heterocycles. The molecule has 0 amide bonds. The highest BCUT2D eigenvalue weighted by Gasteiger charge is 2.36. The van der Waals surface area contributed by atoms with Crippen molar-refractivity contribution in [3.63, 3.8) is 0 Å². The van der Waals surface area contributed by atoms with Crippen LogP contribution < -0.4 is 4.90 Å². The van der Waals surface area contributed by atoms with Crippen LogP contribution in [0.4, 0.5) is 5.69 Å². The molecule has 0 radical (unpaired) electrons. The Kier molecular flexibility index (Phi) is 4.34. The van der Waals surface area contributed by atoms with Crippen molar-refractivity contribution in [1.82, 2.24) is 0 Å². The quantitative estimate of drug-likeness (QED) is 0.826. The van der Waals surface area contributed by atoms with Crippen LogP contribution >= 0.6 is 15.9 Å². The number of hydrogen-bond acceptors (Lipinski definition) is 2. The van der Waals surface area contributed by atoms with Crippen molar-refractivity contribution in [2.45, 2.75) is 38.1 Å². The van der Waals surface area contributed by atoms with E-state index < -0.39 is 5.97 Å². The lowest BCUT2D eigenvalue weighted by atomic mass is 9.85. The maximum atomic E-state index is 10.8. The van der Waals surface area contributed by atoms with E-state index in [-0.39, 0.29) is 0 Å². The summed E-state index contributed by atoms with van der Waals surface area (Å²) in [5, 5.41) is 8.88. The van der Waals surface area contributed by atoms with Gasteiger partial charge in [0.25, 0.3) is 0 Å². The predicted molar refractivity (Wildman–Crippen MR) is 88.5 cm³/mol. The first-order chi connectivity index (χ1) is 10.1. The van der Waals surface area contributed by atoms with E-state index >= 15 is 0 Å². The van der Waals surface area contributed by atoms with Crippen LogP contribution in [0.3, 0.4) is 0 Å². The molecule has 2 atom stereocenters. The van der Waals surface area contributed by atoms with Crippen LogP contribution in [0.5, 0.6) is 0 Å². The molecule has 0 aromatic heterocycles. The second kappa shape index (κ2) is 6.22. The van der Waals surface area contributed by atoms with Gasteiger partial charge in [-0.05, 0) is 55.0 Å². The van der Waals surface area contributed by atoms with Crippen LogP contribution in [0.1, 0.15) is 37.7 Å². The fourth-order valence-corrected chi connectivity index (χ4v) is 4.17. The van der Waals surface area contributed by atoms with Gasteiger partial charge in [0.05, 0.1) is 0 Å². The van der Waals surface area contributed by atoms with E-state index in [0.717, 1.165) is 22.5 Å². The summed E-state index contributed by atoms with van der Waals surface area (Å²) in [7, 11) is 0. The highest BCUT2D eigenvalue weighted by atomic mass is 79.9. The Morgan fingerprint density at radius 3 is 2.90 bits per heavy atom. The van der Waals surface area contributed by atoms with Gasteiger partial charge in [0, 0.05) is 28.8 Å². The molecular weight excluding hydrogens is 330 g/mol. The number of aliphatic carboxylic acids is 1. The first kappa shape index (κ1) is 14.6. The number of fused-ring (bicyclic) bond motifs is 1. The average molecular weight is 350 g/mol. The van der Waals surface area contributed by atoms with Crippen molar-refractivity contribution < 1.29 is 9.90 Å². The van der Waals surface area contributed by atoms with Gasteiger partial charge >= 0.3 is 5.97 Å². The predicted octanol–water partition coefficient (Wildman–Crippen LogP) is 4.32. The van der Waals surface area contributed by atoms with Crippen molar-refractivity contribution in [3.8, 4) is 0 Å². The van der Waals surface area contributed by atoms with Gasteiger partial charge in [0.2, 0.25) is 0 Å². The van der Waals surface area contributed by atoms with E-state index in [2.05, 4.69) is 26.9 Å². The zero-order valence-electron chi connectivity index (χ0n) is 12.0. The maximum absolute atomic E-state index is 10.8. The summed E-state index contributed by atoms with van der Waals surface area (Å²) in [6, 6.07) is 6.80. The molecule has 4 heteroatoms. The average Bonchev–Trinajstić information content (AvgIpc) is 2.89. The molecule has 112 valence electrons. The van der Waals surface area contributed by atoms with Gasteiger partial charge in [0.15, 0.2) is 0 Å². The summed E-state index contributed by atoms with van der Waals surface area (Å²) in [6.45, 7) is 1.09.